The monoisotopic (exact) mass is 247 g/mol. The lowest BCUT2D eigenvalue weighted by atomic mass is 9.96. The molecule has 0 spiro atoms. The topological polar surface area (TPSA) is 30.5 Å². The number of benzene rings is 1. The summed E-state index contributed by atoms with van der Waals surface area (Å²) in [6.07, 6.45) is 5.15. The van der Waals surface area contributed by atoms with Gasteiger partial charge in [-0.05, 0) is 49.6 Å². The maximum absolute atomic E-state index is 5.42. The highest BCUT2D eigenvalue weighted by molar-refractivity contribution is 5.29. The van der Waals surface area contributed by atoms with Crippen LogP contribution in [-0.4, -0.2) is 26.8 Å². The molecule has 0 aromatic heterocycles. The molecule has 98 valence electrons. The fourth-order valence-corrected chi connectivity index (χ4v) is 2.26. The summed E-state index contributed by atoms with van der Waals surface area (Å²) < 4.78 is 10.6. The predicted octanol–water partition coefficient (Wildman–Crippen LogP) is 2.52. The molecule has 1 heterocycles. The third-order valence-corrected chi connectivity index (χ3v) is 3.36. The molecular weight excluding hydrogens is 226 g/mol. The van der Waals surface area contributed by atoms with Crippen molar-refractivity contribution in [3.8, 4) is 5.75 Å². The second-order valence-electron chi connectivity index (χ2n) is 4.56. The van der Waals surface area contributed by atoms with Crippen LogP contribution in [0, 0.1) is 0 Å². The third-order valence-electron chi connectivity index (χ3n) is 3.36. The number of nitrogens with one attached hydrogen (secondary N) is 1. The van der Waals surface area contributed by atoms with E-state index in [1.807, 2.05) is 25.4 Å². The van der Waals surface area contributed by atoms with Gasteiger partial charge in [0.15, 0.2) is 0 Å². The van der Waals surface area contributed by atoms with Gasteiger partial charge in [0.2, 0.25) is 0 Å². The first-order valence-corrected chi connectivity index (χ1v) is 6.44. The largest absolute Gasteiger partial charge is 0.501 e. The van der Waals surface area contributed by atoms with E-state index in [0.29, 0.717) is 6.04 Å². The van der Waals surface area contributed by atoms with Gasteiger partial charge in [-0.25, -0.2) is 0 Å². The summed E-state index contributed by atoms with van der Waals surface area (Å²) in [4.78, 5) is 0. The van der Waals surface area contributed by atoms with Crippen LogP contribution in [0.2, 0.25) is 0 Å². The molecule has 1 unspecified atom stereocenters. The maximum Gasteiger partial charge on any atom is 0.118 e. The van der Waals surface area contributed by atoms with Gasteiger partial charge >= 0.3 is 0 Å². The lowest BCUT2D eigenvalue weighted by Crippen LogP contribution is -2.31. The minimum Gasteiger partial charge on any atom is -0.501 e. The molecule has 1 N–H and O–H groups in total. The number of hydrogen-bond donors (Lipinski definition) is 1. The van der Waals surface area contributed by atoms with E-state index < -0.39 is 0 Å². The molecule has 2 rings (SSSR count). The van der Waals surface area contributed by atoms with E-state index >= 15 is 0 Å². The number of likely N-dealkylation sites (N-methyl/N-ethyl adjacent to an activating group) is 1. The van der Waals surface area contributed by atoms with Gasteiger partial charge in [-0.15, -0.1) is 0 Å². The van der Waals surface area contributed by atoms with Crippen molar-refractivity contribution in [2.24, 2.45) is 0 Å². The summed E-state index contributed by atoms with van der Waals surface area (Å²) in [6, 6.07) is 8.61. The zero-order valence-corrected chi connectivity index (χ0v) is 11.1. The van der Waals surface area contributed by atoms with Gasteiger partial charge in [0.1, 0.15) is 5.75 Å². The molecule has 1 aromatic carbocycles. The van der Waals surface area contributed by atoms with Crippen molar-refractivity contribution < 1.29 is 9.47 Å². The standard InChI is InChI=1S/C15H21NO2/c1-16-15(13-4-3-9-18-11-13)10-12-5-7-14(17-2)8-6-12/h5-8,11,15-16H,3-4,9-10H2,1-2H3. The van der Waals surface area contributed by atoms with E-state index in [4.69, 9.17) is 9.47 Å². The summed E-state index contributed by atoms with van der Waals surface area (Å²) >= 11 is 0. The highest BCUT2D eigenvalue weighted by Gasteiger charge is 2.15. The third kappa shape index (κ3) is 3.26. The van der Waals surface area contributed by atoms with Gasteiger partial charge in [-0.2, -0.15) is 0 Å². The molecule has 3 nitrogen and oxygen atoms in total. The van der Waals surface area contributed by atoms with Crippen molar-refractivity contribution in [2.45, 2.75) is 25.3 Å². The first-order valence-electron chi connectivity index (χ1n) is 6.44. The summed E-state index contributed by atoms with van der Waals surface area (Å²) in [5, 5.41) is 3.37. The average molecular weight is 247 g/mol. The number of rotatable bonds is 5. The number of methoxy groups -OCH3 is 1. The zero-order valence-electron chi connectivity index (χ0n) is 11.1. The maximum atomic E-state index is 5.42. The van der Waals surface area contributed by atoms with Gasteiger partial charge < -0.3 is 14.8 Å². The Labute approximate surface area is 109 Å². The molecule has 1 aromatic rings. The molecular formula is C15H21NO2. The Hall–Kier alpha value is -1.48. The minimum absolute atomic E-state index is 0.360. The Morgan fingerprint density at radius 1 is 1.33 bits per heavy atom. The van der Waals surface area contributed by atoms with Crippen molar-refractivity contribution in [3.05, 3.63) is 41.7 Å². The van der Waals surface area contributed by atoms with Crippen molar-refractivity contribution in [1.82, 2.24) is 5.32 Å². The van der Waals surface area contributed by atoms with Crippen LogP contribution in [0.25, 0.3) is 0 Å². The van der Waals surface area contributed by atoms with Crippen LogP contribution in [0.5, 0.6) is 5.75 Å². The Bertz CT molecular complexity index is 397. The zero-order chi connectivity index (χ0) is 12.8. The lowest BCUT2D eigenvalue weighted by molar-refractivity contribution is 0.219. The van der Waals surface area contributed by atoms with E-state index in [0.717, 1.165) is 31.6 Å². The Morgan fingerprint density at radius 2 is 2.11 bits per heavy atom. The second-order valence-corrected chi connectivity index (χ2v) is 4.56. The first-order chi connectivity index (χ1) is 8.83. The molecule has 18 heavy (non-hydrogen) atoms. The molecule has 0 fully saturated rings. The van der Waals surface area contributed by atoms with Crippen LogP contribution in [0.1, 0.15) is 18.4 Å². The van der Waals surface area contributed by atoms with Crippen molar-refractivity contribution in [1.29, 1.82) is 0 Å². The van der Waals surface area contributed by atoms with Gasteiger partial charge in [0, 0.05) is 6.04 Å². The molecule has 3 heteroatoms. The number of ether oxygens (including phenoxy) is 2. The summed E-state index contributed by atoms with van der Waals surface area (Å²) in [7, 11) is 3.69. The highest BCUT2D eigenvalue weighted by Crippen LogP contribution is 2.20. The summed E-state index contributed by atoms with van der Waals surface area (Å²) in [5.74, 6) is 0.903. The van der Waals surface area contributed by atoms with Gasteiger partial charge in [-0.1, -0.05) is 12.1 Å². The fraction of sp³-hybridized carbons (Fsp3) is 0.467. The lowest BCUT2D eigenvalue weighted by Gasteiger charge is -2.23. The summed E-state index contributed by atoms with van der Waals surface area (Å²) in [6.45, 7) is 0.850. The smallest absolute Gasteiger partial charge is 0.118 e. The van der Waals surface area contributed by atoms with Crippen molar-refractivity contribution in [2.75, 3.05) is 20.8 Å². The van der Waals surface area contributed by atoms with Crippen LogP contribution in [0.4, 0.5) is 0 Å². The van der Waals surface area contributed by atoms with Crippen LogP contribution in [0.15, 0.2) is 36.1 Å². The van der Waals surface area contributed by atoms with E-state index in [9.17, 15) is 0 Å². The van der Waals surface area contributed by atoms with Gasteiger partial charge in [0.25, 0.3) is 0 Å². The van der Waals surface area contributed by atoms with E-state index in [1.54, 1.807) is 7.11 Å². The molecule has 0 radical (unpaired) electrons. The van der Waals surface area contributed by atoms with E-state index in [2.05, 4.69) is 17.4 Å². The molecule has 0 saturated heterocycles. The number of hydrogen-bond acceptors (Lipinski definition) is 3. The first kappa shape index (κ1) is 13.0. The highest BCUT2D eigenvalue weighted by atomic mass is 16.5. The Kier molecular flexibility index (Phi) is 4.65. The SMILES string of the molecule is CNC(Cc1ccc(OC)cc1)C1=COCCC1. The van der Waals surface area contributed by atoms with E-state index in [-0.39, 0.29) is 0 Å². The molecule has 0 aliphatic carbocycles. The Morgan fingerprint density at radius 3 is 2.67 bits per heavy atom. The van der Waals surface area contributed by atoms with Crippen LogP contribution < -0.4 is 10.1 Å². The quantitative estimate of drug-likeness (QED) is 0.867. The molecule has 1 aliphatic rings. The molecule has 0 bridgehead atoms. The molecule has 1 aliphatic heterocycles. The van der Waals surface area contributed by atoms with Crippen molar-refractivity contribution >= 4 is 0 Å². The molecule has 0 amide bonds. The van der Waals surface area contributed by atoms with Crippen LogP contribution >= 0.6 is 0 Å². The van der Waals surface area contributed by atoms with Crippen LogP contribution in [-0.2, 0) is 11.2 Å². The second kappa shape index (κ2) is 6.45. The van der Waals surface area contributed by atoms with Gasteiger partial charge in [0.05, 0.1) is 20.0 Å². The van der Waals surface area contributed by atoms with E-state index in [1.165, 1.54) is 11.1 Å². The van der Waals surface area contributed by atoms with Gasteiger partial charge in [-0.3, -0.25) is 0 Å². The normalized spacial score (nSPS) is 16.7. The minimum atomic E-state index is 0.360. The van der Waals surface area contributed by atoms with Crippen molar-refractivity contribution in [3.63, 3.8) is 0 Å². The fourth-order valence-electron chi connectivity index (χ4n) is 2.26. The summed E-state index contributed by atoms with van der Waals surface area (Å²) in [5.41, 5.74) is 2.67. The van der Waals surface area contributed by atoms with Crippen LogP contribution in [0.3, 0.4) is 0 Å². The molecule has 0 saturated carbocycles. The predicted molar refractivity (Wildman–Crippen MR) is 72.8 cm³/mol. The average Bonchev–Trinajstić information content (AvgIpc) is 2.46. The Balaban J connectivity index is 2.02. The molecule has 1 atom stereocenters.